The smallest absolute Gasteiger partial charge is 0.381 e. The van der Waals surface area contributed by atoms with Crippen molar-refractivity contribution in [2.75, 3.05) is 18.9 Å². The first-order valence-corrected chi connectivity index (χ1v) is 6.36. The van der Waals surface area contributed by atoms with Gasteiger partial charge in [0.25, 0.3) is 0 Å². The molecule has 2 heterocycles. The van der Waals surface area contributed by atoms with E-state index in [4.69, 9.17) is 10.5 Å². The lowest BCUT2D eigenvalue weighted by Gasteiger charge is -2.11. The molecule has 1 saturated heterocycles. The SMILES string of the molecule is Nc1nc2cc(C(F)(F)F)ccc2n1CC1CCOC1. The van der Waals surface area contributed by atoms with Crippen LogP contribution in [0.4, 0.5) is 19.1 Å². The standard InChI is InChI=1S/C13H14F3N3O/c14-13(15,16)9-1-2-11-10(5-9)18-12(17)19(11)6-8-3-4-20-7-8/h1-2,5,8H,3-4,6-7H2,(H2,17,18). The van der Waals surface area contributed by atoms with E-state index < -0.39 is 11.7 Å². The largest absolute Gasteiger partial charge is 0.416 e. The average molecular weight is 285 g/mol. The molecule has 0 aliphatic carbocycles. The summed E-state index contributed by atoms with van der Waals surface area (Å²) < 4.78 is 45.1. The molecular formula is C13H14F3N3O. The van der Waals surface area contributed by atoms with E-state index in [0.29, 0.717) is 24.6 Å². The number of anilines is 1. The predicted octanol–water partition coefficient (Wildman–Crippen LogP) is 2.67. The molecule has 0 bridgehead atoms. The molecule has 1 aromatic carbocycles. The Labute approximate surface area is 113 Å². The number of nitrogens with two attached hydrogens (primary N) is 1. The van der Waals surface area contributed by atoms with Crippen molar-refractivity contribution in [3.05, 3.63) is 23.8 Å². The first-order valence-electron chi connectivity index (χ1n) is 6.36. The Morgan fingerprint density at radius 1 is 1.40 bits per heavy atom. The van der Waals surface area contributed by atoms with Crippen molar-refractivity contribution in [3.8, 4) is 0 Å². The minimum atomic E-state index is -4.37. The highest BCUT2D eigenvalue weighted by molar-refractivity contribution is 5.79. The molecule has 2 aromatic rings. The van der Waals surface area contributed by atoms with Crippen molar-refractivity contribution >= 4 is 17.0 Å². The van der Waals surface area contributed by atoms with Crippen molar-refractivity contribution in [2.24, 2.45) is 5.92 Å². The van der Waals surface area contributed by atoms with Crippen LogP contribution in [0.3, 0.4) is 0 Å². The van der Waals surface area contributed by atoms with Crippen molar-refractivity contribution in [3.63, 3.8) is 0 Å². The number of nitrogens with zero attached hydrogens (tertiary/aromatic N) is 2. The zero-order valence-corrected chi connectivity index (χ0v) is 10.7. The molecule has 1 aliphatic heterocycles. The highest BCUT2D eigenvalue weighted by Crippen LogP contribution is 2.32. The van der Waals surface area contributed by atoms with Crippen molar-refractivity contribution in [1.29, 1.82) is 0 Å². The zero-order chi connectivity index (χ0) is 14.3. The summed E-state index contributed by atoms with van der Waals surface area (Å²) in [5.41, 5.74) is 6.01. The van der Waals surface area contributed by atoms with Gasteiger partial charge in [0.2, 0.25) is 5.95 Å². The number of hydrogen-bond acceptors (Lipinski definition) is 3. The van der Waals surface area contributed by atoms with Crippen LogP contribution in [-0.2, 0) is 17.5 Å². The molecule has 0 saturated carbocycles. The van der Waals surface area contributed by atoms with Crippen LogP contribution in [0.5, 0.6) is 0 Å². The van der Waals surface area contributed by atoms with Gasteiger partial charge in [-0.15, -0.1) is 0 Å². The third kappa shape index (κ3) is 2.33. The van der Waals surface area contributed by atoms with Crippen LogP contribution in [0.15, 0.2) is 18.2 Å². The maximum absolute atomic E-state index is 12.7. The molecule has 2 N–H and O–H groups in total. The number of alkyl halides is 3. The van der Waals surface area contributed by atoms with E-state index >= 15 is 0 Å². The van der Waals surface area contributed by atoms with E-state index in [0.717, 1.165) is 25.2 Å². The zero-order valence-electron chi connectivity index (χ0n) is 10.7. The van der Waals surface area contributed by atoms with E-state index in [1.807, 2.05) is 0 Å². The van der Waals surface area contributed by atoms with Gasteiger partial charge in [0, 0.05) is 19.1 Å². The summed E-state index contributed by atoms with van der Waals surface area (Å²) in [7, 11) is 0. The highest BCUT2D eigenvalue weighted by atomic mass is 19.4. The quantitative estimate of drug-likeness (QED) is 0.923. The van der Waals surface area contributed by atoms with Gasteiger partial charge in [-0.2, -0.15) is 13.2 Å². The van der Waals surface area contributed by atoms with Gasteiger partial charge in [0.05, 0.1) is 23.2 Å². The summed E-state index contributed by atoms with van der Waals surface area (Å²) in [6.45, 7) is 1.99. The van der Waals surface area contributed by atoms with Gasteiger partial charge in [-0.25, -0.2) is 4.98 Å². The maximum atomic E-state index is 12.7. The third-order valence-corrected chi connectivity index (χ3v) is 3.57. The predicted molar refractivity (Wildman–Crippen MR) is 68.1 cm³/mol. The Morgan fingerprint density at radius 2 is 2.20 bits per heavy atom. The molecule has 1 atom stereocenters. The lowest BCUT2D eigenvalue weighted by Crippen LogP contribution is -2.12. The summed E-state index contributed by atoms with van der Waals surface area (Å²) in [6.07, 6.45) is -3.44. The van der Waals surface area contributed by atoms with Gasteiger partial charge in [-0.05, 0) is 24.6 Å². The third-order valence-electron chi connectivity index (χ3n) is 3.57. The second-order valence-electron chi connectivity index (χ2n) is 5.01. The van der Waals surface area contributed by atoms with Gasteiger partial charge in [0.1, 0.15) is 0 Å². The monoisotopic (exact) mass is 285 g/mol. The number of imidazole rings is 1. The lowest BCUT2D eigenvalue weighted by molar-refractivity contribution is -0.137. The summed E-state index contributed by atoms with van der Waals surface area (Å²) in [5, 5.41) is 0. The van der Waals surface area contributed by atoms with Crippen LogP contribution in [0, 0.1) is 5.92 Å². The Bertz CT molecular complexity index is 630. The normalized spacial score (nSPS) is 19.9. The van der Waals surface area contributed by atoms with E-state index in [9.17, 15) is 13.2 Å². The van der Waals surface area contributed by atoms with Crippen LogP contribution in [-0.4, -0.2) is 22.8 Å². The second kappa shape index (κ2) is 4.66. The van der Waals surface area contributed by atoms with Gasteiger partial charge in [-0.1, -0.05) is 0 Å². The molecular weight excluding hydrogens is 271 g/mol. The molecule has 1 aromatic heterocycles. The second-order valence-corrected chi connectivity index (χ2v) is 5.01. The Kier molecular flexibility index (Phi) is 3.08. The molecule has 1 aliphatic rings. The highest BCUT2D eigenvalue weighted by Gasteiger charge is 2.31. The number of halogens is 3. The summed E-state index contributed by atoms with van der Waals surface area (Å²) in [5.74, 6) is 0.572. The minimum absolute atomic E-state index is 0.242. The molecule has 0 spiro atoms. The number of benzene rings is 1. The molecule has 0 amide bonds. The Morgan fingerprint density at radius 3 is 2.85 bits per heavy atom. The molecule has 20 heavy (non-hydrogen) atoms. The number of hydrogen-bond donors (Lipinski definition) is 1. The molecule has 108 valence electrons. The van der Waals surface area contributed by atoms with Crippen LogP contribution >= 0.6 is 0 Å². The van der Waals surface area contributed by atoms with E-state index in [-0.39, 0.29) is 11.5 Å². The van der Waals surface area contributed by atoms with Gasteiger partial charge in [0.15, 0.2) is 0 Å². The van der Waals surface area contributed by atoms with Gasteiger partial charge in [-0.3, -0.25) is 0 Å². The van der Waals surface area contributed by atoms with E-state index in [1.54, 1.807) is 4.57 Å². The molecule has 0 radical (unpaired) electrons. The fourth-order valence-corrected chi connectivity index (χ4v) is 2.50. The molecule has 3 rings (SSSR count). The summed E-state index contributed by atoms with van der Waals surface area (Å²) in [4.78, 5) is 4.03. The van der Waals surface area contributed by atoms with Crippen molar-refractivity contribution in [2.45, 2.75) is 19.1 Å². The summed E-state index contributed by atoms with van der Waals surface area (Å²) in [6, 6.07) is 3.52. The van der Waals surface area contributed by atoms with Gasteiger partial charge < -0.3 is 15.0 Å². The van der Waals surface area contributed by atoms with E-state index in [2.05, 4.69) is 4.98 Å². The first-order chi connectivity index (χ1) is 9.45. The number of ether oxygens (including phenoxy) is 1. The number of fused-ring (bicyclic) bond motifs is 1. The van der Waals surface area contributed by atoms with Gasteiger partial charge >= 0.3 is 6.18 Å². The number of nitrogen functional groups attached to an aromatic ring is 1. The molecule has 7 heteroatoms. The number of aromatic nitrogens is 2. The van der Waals surface area contributed by atoms with Crippen LogP contribution in [0.25, 0.3) is 11.0 Å². The Balaban J connectivity index is 1.98. The van der Waals surface area contributed by atoms with Crippen LogP contribution in [0.1, 0.15) is 12.0 Å². The van der Waals surface area contributed by atoms with Crippen molar-refractivity contribution < 1.29 is 17.9 Å². The molecule has 1 unspecified atom stereocenters. The molecule has 4 nitrogen and oxygen atoms in total. The fourth-order valence-electron chi connectivity index (χ4n) is 2.50. The minimum Gasteiger partial charge on any atom is -0.381 e. The summed E-state index contributed by atoms with van der Waals surface area (Å²) >= 11 is 0. The maximum Gasteiger partial charge on any atom is 0.416 e. The Hall–Kier alpha value is -1.76. The number of rotatable bonds is 2. The topological polar surface area (TPSA) is 53.1 Å². The molecule has 1 fully saturated rings. The lowest BCUT2D eigenvalue weighted by atomic mass is 10.1. The van der Waals surface area contributed by atoms with Crippen LogP contribution in [0.2, 0.25) is 0 Å². The average Bonchev–Trinajstić information content (AvgIpc) is 2.97. The fraction of sp³-hybridized carbons (Fsp3) is 0.462. The first kappa shape index (κ1) is 13.2. The van der Waals surface area contributed by atoms with E-state index in [1.165, 1.54) is 6.07 Å². The van der Waals surface area contributed by atoms with Crippen molar-refractivity contribution in [1.82, 2.24) is 9.55 Å². The van der Waals surface area contributed by atoms with Crippen LogP contribution < -0.4 is 5.73 Å².